The van der Waals surface area contributed by atoms with Gasteiger partial charge in [-0.25, -0.2) is 14.8 Å². The molecule has 104 valence electrons. The van der Waals surface area contributed by atoms with Crippen molar-refractivity contribution in [2.45, 2.75) is 20.0 Å². The van der Waals surface area contributed by atoms with Gasteiger partial charge in [-0.1, -0.05) is 0 Å². The summed E-state index contributed by atoms with van der Waals surface area (Å²) in [6.07, 6.45) is 1.66. The Balaban J connectivity index is 2.25. The summed E-state index contributed by atoms with van der Waals surface area (Å²) >= 11 is 0. The summed E-state index contributed by atoms with van der Waals surface area (Å²) < 4.78 is 10.2. The minimum absolute atomic E-state index is 0.125. The van der Waals surface area contributed by atoms with Crippen molar-refractivity contribution in [2.24, 2.45) is 0 Å². The molecule has 0 saturated carbocycles. The molecule has 0 atom stereocenters. The number of ether oxygens (including phenoxy) is 2. The van der Waals surface area contributed by atoms with Crippen LogP contribution in [0.4, 0.5) is 0 Å². The summed E-state index contributed by atoms with van der Waals surface area (Å²) in [5.74, 6) is 0.783. The van der Waals surface area contributed by atoms with Gasteiger partial charge in [0.25, 0.3) is 0 Å². The van der Waals surface area contributed by atoms with Crippen molar-refractivity contribution in [3.05, 3.63) is 42.2 Å². The molecule has 0 bridgehead atoms. The predicted molar refractivity (Wildman–Crippen MR) is 74.6 cm³/mol. The summed E-state index contributed by atoms with van der Waals surface area (Å²) in [4.78, 5) is 19.8. The van der Waals surface area contributed by atoms with Gasteiger partial charge < -0.3 is 9.47 Å². The van der Waals surface area contributed by atoms with Gasteiger partial charge in [-0.3, -0.25) is 0 Å². The van der Waals surface area contributed by atoms with Crippen LogP contribution in [-0.2, 0) is 4.74 Å². The van der Waals surface area contributed by atoms with Crippen molar-refractivity contribution in [3.8, 4) is 17.1 Å². The molecular weight excluding hydrogens is 256 g/mol. The highest BCUT2D eigenvalue weighted by molar-refractivity contribution is 5.87. The smallest absolute Gasteiger partial charge is 0.356 e. The van der Waals surface area contributed by atoms with Crippen LogP contribution in [0.2, 0.25) is 0 Å². The monoisotopic (exact) mass is 272 g/mol. The first kappa shape index (κ1) is 14.0. The number of carbonyl (C=O) groups excluding carboxylic acids is 1. The number of benzene rings is 1. The van der Waals surface area contributed by atoms with Crippen LogP contribution in [0.3, 0.4) is 0 Å². The van der Waals surface area contributed by atoms with Crippen molar-refractivity contribution in [1.82, 2.24) is 9.97 Å². The third kappa shape index (κ3) is 3.32. The zero-order valence-corrected chi connectivity index (χ0v) is 11.7. The lowest BCUT2D eigenvalue weighted by Gasteiger charge is -2.09. The van der Waals surface area contributed by atoms with Crippen LogP contribution in [0.15, 0.2) is 36.5 Å². The molecule has 20 heavy (non-hydrogen) atoms. The van der Waals surface area contributed by atoms with E-state index in [2.05, 4.69) is 14.7 Å². The largest absolute Gasteiger partial charge is 0.491 e. The standard InChI is InChI=1S/C15H16N2O3/c1-10(2)20-12-6-4-11(5-7-12)14-16-9-8-13(17-14)15(18)19-3/h4-10H,1-3H3. The number of nitrogens with zero attached hydrogens (tertiary/aromatic N) is 2. The van der Waals surface area contributed by atoms with E-state index < -0.39 is 5.97 Å². The molecule has 2 rings (SSSR count). The van der Waals surface area contributed by atoms with Crippen molar-refractivity contribution < 1.29 is 14.3 Å². The fraction of sp³-hybridized carbons (Fsp3) is 0.267. The number of carbonyl (C=O) groups is 1. The van der Waals surface area contributed by atoms with Crippen LogP contribution in [0.25, 0.3) is 11.4 Å². The zero-order chi connectivity index (χ0) is 14.5. The Morgan fingerprint density at radius 2 is 1.85 bits per heavy atom. The number of hydrogen-bond acceptors (Lipinski definition) is 5. The lowest BCUT2D eigenvalue weighted by Crippen LogP contribution is -2.06. The fourth-order valence-corrected chi connectivity index (χ4v) is 1.67. The molecule has 0 aliphatic rings. The number of methoxy groups -OCH3 is 1. The second-order valence-corrected chi connectivity index (χ2v) is 4.45. The van der Waals surface area contributed by atoms with Crippen LogP contribution in [-0.4, -0.2) is 29.2 Å². The maximum atomic E-state index is 11.4. The minimum Gasteiger partial charge on any atom is -0.491 e. The van der Waals surface area contributed by atoms with Gasteiger partial charge in [-0.15, -0.1) is 0 Å². The molecule has 1 aromatic carbocycles. The van der Waals surface area contributed by atoms with Crippen molar-refractivity contribution in [1.29, 1.82) is 0 Å². The minimum atomic E-state index is -0.478. The predicted octanol–water partition coefficient (Wildman–Crippen LogP) is 2.72. The molecule has 1 heterocycles. The Kier molecular flexibility index (Phi) is 4.30. The second kappa shape index (κ2) is 6.14. The van der Waals surface area contributed by atoms with E-state index in [-0.39, 0.29) is 11.8 Å². The lowest BCUT2D eigenvalue weighted by molar-refractivity contribution is 0.0594. The highest BCUT2D eigenvalue weighted by atomic mass is 16.5. The molecular formula is C15H16N2O3. The molecule has 2 aromatic rings. The van der Waals surface area contributed by atoms with Gasteiger partial charge in [-0.2, -0.15) is 0 Å². The van der Waals surface area contributed by atoms with E-state index in [0.29, 0.717) is 5.82 Å². The molecule has 0 aliphatic heterocycles. The third-order valence-corrected chi connectivity index (χ3v) is 2.53. The zero-order valence-electron chi connectivity index (χ0n) is 11.7. The van der Waals surface area contributed by atoms with E-state index in [1.165, 1.54) is 19.4 Å². The van der Waals surface area contributed by atoms with E-state index in [1.807, 2.05) is 38.1 Å². The third-order valence-electron chi connectivity index (χ3n) is 2.53. The van der Waals surface area contributed by atoms with Gasteiger partial charge in [-0.05, 0) is 44.2 Å². The van der Waals surface area contributed by atoms with Gasteiger partial charge in [0.2, 0.25) is 0 Å². The summed E-state index contributed by atoms with van der Waals surface area (Å²) in [6.45, 7) is 3.94. The molecule has 0 aliphatic carbocycles. The maximum absolute atomic E-state index is 11.4. The molecule has 0 unspecified atom stereocenters. The van der Waals surface area contributed by atoms with Crippen molar-refractivity contribution in [2.75, 3.05) is 7.11 Å². The Hall–Kier alpha value is -2.43. The fourth-order valence-electron chi connectivity index (χ4n) is 1.67. The number of hydrogen-bond donors (Lipinski definition) is 0. The average Bonchev–Trinajstić information content (AvgIpc) is 2.47. The highest BCUT2D eigenvalue weighted by Crippen LogP contribution is 2.20. The lowest BCUT2D eigenvalue weighted by atomic mass is 10.2. The SMILES string of the molecule is COC(=O)c1ccnc(-c2ccc(OC(C)C)cc2)n1. The summed E-state index contributed by atoms with van der Waals surface area (Å²) in [7, 11) is 1.32. The Bertz CT molecular complexity index is 594. The molecule has 0 spiro atoms. The van der Waals surface area contributed by atoms with Crippen LogP contribution in [0, 0.1) is 0 Å². The first-order chi connectivity index (χ1) is 9.60. The number of esters is 1. The van der Waals surface area contributed by atoms with Crippen LogP contribution in [0.5, 0.6) is 5.75 Å². The first-order valence-electron chi connectivity index (χ1n) is 6.28. The van der Waals surface area contributed by atoms with Gasteiger partial charge in [0.05, 0.1) is 13.2 Å². The Labute approximate surface area is 117 Å². The Morgan fingerprint density at radius 3 is 2.45 bits per heavy atom. The Morgan fingerprint density at radius 1 is 1.15 bits per heavy atom. The van der Waals surface area contributed by atoms with E-state index >= 15 is 0 Å². The molecule has 1 aromatic heterocycles. The molecule has 0 saturated heterocycles. The molecule has 0 radical (unpaired) electrons. The summed E-state index contributed by atoms with van der Waals surface area (Å²) in [5.41, 5.74) is 1.05. The topological polar surface area (TPSA) is 61.3 Å². The highest BCUT2D eigenvalue weighted by Gasteiger charge is 2.09. The van der Waals surface area contributed by atoms with E-state index in [1.54, 1.807) is 0 Å². The normalized spacial score (nSPS) is 10.4. The molecule has 5 heteroatoms. The van der Waals surface area contributed by atoms with Crippen LogP contribution in [0.1, 0.15) is 24.3 Å². The van der Waals surface area contributed by atoms with E-state index in [9.17, 15) is 4.79 Å². The number of rotatable bonds is 4. The van der Waals surface area contributed by atoms with Crippen molar-refractivity contribution >= 4 is 5.97 Å². The van der Waals surface area contributed by atoms with Crippen molar-refractivity contribution in [3.63, 3.8) is 0 Å². The van der Waals surface area contributed by atoms with E-state index in [4.69, 9.17) is 4.74 Å². The molecule has 0 amide bonds. The van der Waals surface area contributed by atoms with Gasteiger partial charge in [0.1, 0.15) is 5.75 Å². The quantitative estimate of drug-likeness (QED) is 0.801. The summed E-state index contributed by atoms with van der Waals surface area (Å²) in [6, 6.07) is 8.93. The first-order valence-corrected chi connectivity index (χ1v) is 6.28. The second-order valence-electron chi connectivity index (χ2n) is 4.45. The molecule has 0 fully saturated rings. The molecule has 0 N–H and O–H groups in total. The van der Waals surface area contributed by atoms with Gasteiger partial charge in [0, 0.05) is 11.8 Å². The van der Waals surface area contributed by atoms with E-state index in [0.717, 1.165) is 11.3 Å². The van der Waals surface area contributed by atoms with Gasteiger partial charge in [0.15, 0.2) is 11.5 Å². The average molecular weight is 272 g/mol. The molecule has 5 nitrogen and oxygen atoms in total. The van der Waals surface area contributed by atoms with Crippen LogP contribution >= 0.6 is 0 Å². The maximum Gasteiger partial charge on any atom is 0.356 e. The van der Waals surface area contributed by atoms with Gasteiger partial charge >= 0.3 is 5.97 Å². The summed E-state index contributed by atoms with van der Waals surface area (Å²) in [5, 5.41) is 0. The van der Waals surface area contributed by atoms with Crippen LogP contribution < -0.4 is 4.74 Å². The number of aromatic nitrogens is 2.